The maximum atomic E-state index is 12.3. The van der Waals surface area contributed by atoms with Gasteiger partial charge in [0, 0.05) is 29.4 Å². The number of carbonyl (C=O) groups is 2. The van der Waals surface area contributed by atoms with Crippen molar-refractivity contribution in [1.29, 1.82) is 0 Å². The van der Waals surface area contributed by atoms with Crippen LogP contribution < -0.4 is 10.6 Å². The molecule has 3 N–H and O–H groups in total. The van der Waals surface area contributed by atoms with Crippen molar-refractivity contribution in [3.05, 3.63) is 52.3 Å². The molecule has 2 aliphatic carbocycles. The summed E-state index contributed by atoms with van der Waals surface area (Å²) >= 11 is 0. The summed E-state index contributed by atoms with van der Waals surface area (Å²) in [4.78, 5) is 24.2. The molecule has 0 radical (unpaired) electrons. The number of hydrogen-bond acceptors (Lipinski definition) is 3. The van der Waals surface area contributed by atoms with E-state index in [1.807, 2.05) is 12.1 Å². The van der Waals surface area contributed by atoms with Gasteiger partial charge in [0.2, 0.25) is 0 Å². The molecule has 0 aliphatic heterocycles. The van der Waals surface area contributed by atoms with Gasteiger partial charge < -0.3 is 10.6 Å². The second kappa shape index (κ2) is 6.11. The standard InChI is InChI=1S/C18H20N4O2/c23-17(20-13-8-9-13)12-6-4-11(5-7-12)10-19-18(24)16-14-2-1-3-15(14)21-22-16/h4-7,13H,1-3,8-10H2,(H,19,24)(H,20,23)(H,21,22). The fraction of sp³-hybridized carbons (Fsp3) is 0.389. The van der Waals surface area contributed by atoms with Crippen LogP contribution in [0, 0.1) is 0 Å². The molecular formula is C18H20N4O2. The van der Waals surface area contributed by atoms with Crippen LogP contribution in [-0.4, -0.2) is 28.1 Å². The molecular weight excluding hydrogens is 304 g/mol. The minimum atomic E-state index is -0.148. The zero-order valence-corrected chi connectivity index (χ0v) is 13.4. The van der Waals surface area contributed by atoms with Crippen LogP contribution in [0.4, 0.5) is 0 Å². The normalized spacial score (nSPS) is 15.8. The van der Waals surface area contributed by atoms with Gasteiger partial charge in [-0.1, -0.05) is 12.1 Å². The molecule has 4 rings (SSSR count). The van der Waals surface area contributed by atoms with Crippen molar-refractivity contribution in [2.24, 2.45) is 0 Å². The highest BCUT2D eigenvalue weighted by atomic mass is 16.2. The molecule has 1 fully saturated rings. The first-order valence-electron chi connectivity index (χ1n) is 8.45. The Hall–Kier alpha value is -2.63. The van der Waals surface area contributed by atoms with Crippen LogP contribution in [0.5, 0.6) is 0 Å². The Balaban J connectivity index is 1.35. The average molecular weight is 324 g/mol. The van der Waals surface area contributed by atoms with Gasteiger partial charge in [0.25, 0.3) is 11.8 Å². The number of H-pyrrole nitrogens is 1. The minimum Gasteiger partial charge on any atom is -0.349 e. The molecule has 6 nitrogen and oxygen atoms in total. The van der Waals surface area contributed by atoms with Gasteiger partial charge in [-0.3, -0.25) is 14.7 Å². The lowest BCUT2D eigenvalue weighted by molar-refractivity contribution is 0.0938. The second-order valence-electron chi connectivity index (χ2n) is 6.51. The molecule has 1 heterocycles. The monoisotopic (exact) mass is 324 g/mol. The van der Waals surface area contributed by atoms with Crippen molar-refractivity contribution >= 4 is 11.8 Å². The van der Waals surface area contributed by atoms with Gasteiger partial charge in [0.1, 0.15) is 0 Å². The van der Waals surface area contributed by atoms with Crippen LogP contribution in [0.15, 0.2) is 24.3 Å². The maximum absolute atomic E-state index is 12.3. The molecule has 24 heavy (non-hydrogen) atoms. The van der Waals surface area contributed by atoms with Crippen LogP contribution in [0.3, 0.4) is 0 Å². The molecule has 2 aliphatic rings. The average Bonchev–Trinajstić information content (AvgIpc) is 3.12. The lowest BCUT2D eigenvalue weighted by Gasteiger charge is -2.07. The van der Waals surface area contributed by atoms with Gasteiger partial charge in [0.15, 0.2) is 5.69 Å². The number of benzene rings is 1. The number of rotatable bonds is 5. The second-order valence-corrected chi connectivity index (χ2v) is 6.51. The molecule has 0 spiro atoms. The molecule has 0 bridgehead atoms. The summed E-state index contributed by atoms with van der Waals surface area (Å²) < 4.78 is 0. The van der Waals surface area contributed by atoms with Crippen molar-refractivity contribution in [2.75, 3.05) is 0 Å². The van der Waals surface area contributed by atoms with E-state index in [0.29, 0.717) is 23.8 Å². The van der Waals surface area contributed by atoms with Gasteiger partial charge in [-0.15, -0.1) is 0 Å². The fourth-order valence-electron chi connectivity index (χ4n) is 3.04. The predicted molar refractivity (Wildman–Crippen MR) is 88.7 cm³/mol. The first kappa shape index (κ1) is 14.9. The van der Waals surface area contributed by atoms with Crippen LogP contribution in [0.2, 0.25) is 0 Å². The number of aryl methyl sites for hydroxylation is 1. The number of carbonyl (C=O) groups excluding carboxylic acids is 2. The van der Waals surface area contributed by atoms with Crippen LogP contribution >= 0.6 is 0 Å². The van der Waals surface area contributed by atoms with Crippen LogP contribution in [0.1, 0.15) is 56.9 Å². The molecule has 0 unspecified atom stereocenters. The van der Waals surface area contributed by atoms with Gasteiger partial charge in [-0.25, -0.2) is 0 Å². The van der Waals surface area contributed by atoms with Gasteiger partial charge in [0.05, 0.1) is 0 Å². The Morgan fingerprint density at radius 2 is 1.92 bits per heavy atom. The Morgan fingerprint density at radius 1 is 1.12 bits per heavy atom. The third-order valence-electron chi connectivity index (χ3n) is 4.60. The molecule has 1 aromatic heterocycles. The number of aromatic amines is 1. The Bertz CT molecular complexity index is 775. The number of amides is 2. The van der Waals surface area contributed by atoms with Crippen molar-refractivity contribution in [3.63, 3.8) is 0 Å². The molecule has 1 saturated carbocycles. The first-order valence-corrected chi connectivity index (χ1v) is 8.45. The summed E-state index contributed by atoms with van der Waals surface area (Å²) in [6, 6.07) is 7.69. The number of hydrogen-bond donors (Lipinski definition) is 3. The third kappa shape index (κ3) is 3.04. The molecule has 2 amide bonds. The van der Waals surface area contributed by atoms with E-state index in [0.717, 1.165) is 48.9 Å². The molecule has 1 aromatic carbocycles. The minimum absolute atomic E-state index is 0.0276. The third-order valence-corrected chi connectivity index (χ3v) is 4.60. The van der Waals surface area contributed by atoms with E-state index in [-0.39, 0.29) is 11.8 Å². The molecule has 124 valence electrons. The van der Waals surface area contributed by atoms with Crippen molar-refractivity contribution < 1.29 is 9.59 Å². The van der Waals surface area contributed by atoms with E-state index in [9.17, 15) is 9.59 Å². The quantitative estimate of drug-likeness (QED) is 0.782. The fourth-order valence-corrected chi connectivity index (χ4v) is 3.04. The largest absolute Gasteiger partial charge is 0.349 e. The van der Waals surface area contributed by atoms with Crippen molar-refractivity contribution in [2.45, 2.75) is 44.7 Å². The Morgan fingerprint density at radius 3 is 2.67 bits per heavy atom. The van der Waals surface area contributed by atoms with Gasteiger partial charge in [-0.05, 0) is 49.8 Å². The van der Waals surface area contributed by atoms with E-state index in [4.69, 9.17) is 0 Å². The molecule has 0 atom stereocenters. The van der Waals surface area contributed by atoms with Crippen LogP contribution in [0.25, 0.3) is 0 Å². The number of aromatic nitrogens is 2. The highest BCUT2D eigenvalue weighted by molar-refractivity contribution is 5.95. The molecule has 6 heteroatoms. The van der Waals surface area contributed by atoms with Gasteiger partial charge >= 0.3 is 0 Å². The molecule has 0 saturated heterocycles. The Labute approximate surface area is 140 Å². The summed E-state index contributed by atoms with van der Waals surface area (Å²) in [6.07, 6.45) is 5.12. The molecule has 2 aromatic rings. The van der Waals surface area contributed by atoms with E-state index in [1.165, 1.54) is 0 Å². The highest BCUT2D eigenvalue weighted by Crippen LogP contribution is 2.22. The topological polar surface area (TPSA) is 86.9 Å². The lowest BCUT2D eigenvalue weighted by Crippen LogP contribution is -2.26. The summed E-state index contributed by atoms with van der Waals surface area (Å²) in [5.74, 6) is -0.176. The van der Waals surface area contributed by atoms with E-state index in [1.54, 1.807) is 12.1 Å². The van der Waals surface area contributed by atoms with Crippen molar-refractivity contribution in [3.8, 4) is 0 Å². The van der Waals surface area contributed by atoms with Gasteiger partial charge in [-0.2, -0.15) is 5.10 Å². The maximum Gasteiger partial charge on any atom is 0.272 e. The van der Waals surface area contributed by atoms with E-state index >= 15 is 0 Å². The summed E-state index contributed by atoms with van der Waals surface area (Å²) in [5.41, 5.74) is 4.27. The summed E-state index contributed by atoms with van der Waals surface area (Å²) in [5, 5.41) is 12.9. The van der Waals surface area contributed by atoms with Crippen LogP contribution in [-0.2, 0) is 19.4 Å². The number of nitrogens with zero attached hydrogens (tertiary/aromatic N) is 1. The first-order chi connectivity index (χ1) is 11.7. The smallest absolute Gasteiger partial charge is 0.272 e. The number of nitrogens with one attached hydrogen (secondary N) is 3. The van der Waals surface area contributed by atoms with E-state index < -0.39 is 0 Å². The van der Waals surface area contributed by atoms with E-state index in [2.05, 4.69) is 20.8 Å². The zero-order valence-electron chi connectivity index (χ0n) is 13.4. The SMILES string of the molecule is O=C(NC1CC1)c1ccc(CNC(=O)c2n[nH]c3c2CCC3)cc1. The number of fused-ring (bicyclic) bond motifs is 1. The zero-order chi connectivity index (χ0) is 16.5. The summed E-state index contributed by atoms with van der Waals surface area (Å²) in [7, 11) is 0. The predicted octanol–water partition coefficient (Wildman–Crippen LogP) is 1.72. The lowest BCUT2D eigenvalue weighted by atomic mass is 10.1. The highest BCUT2D eigenvalue weighted by Gasteiger charge is 2.24. The summed E-state index contributed by atoms with van der Waals surface area (Å²) in [6.45, 7) is 0.422. The Kier molecular flexibility index (Phi) is 3.80. The van der Waals surface area contributed by atoms with Crippen molar-refractivity contribution in [1.82, 2.24) is 20.8 Å².